The Kier molecular flexibility index (Phi) is 14.7. The third-order valence-corrected chi connectivity index (χ3v) is 12.7. The number of Topliss-reactive ketones (excluding diaryl/α,β-unsaturated/α-hetero) is 3. The SMILES string of the molecule is C=CCCC(=O)C(=O)C(CC(=O)[C@@H]1C[C@@H](OC(=O)N2CCc3ccccc3C2)CN1C(=O)[C@@H](NC(=O)N[C@H](CN1CCC(C)(C)CC1=O)C(C)(C)C)C(C)(C)C)CC1CC1. The first-order chi connectivity index (χ1) is 28.1. The van der Waals surface area contributed by atoms with Gasteiger partial charge in [-0.25, -0.2) is 9.59 Å². The van der Waals surface area contributed by atoms with Crippen molar-refractivity contribution >= 4 is 41.3 Å². The molecule has 13 nitrogen and oxygen atoms in total. The molecule has 0 bridgehead atoms. The monoisotopic (exact) mass is 832 g/mol. The van der Waals surface area contributed by atoms with E-state index in [4.69, 9.17) is 4.74 Å². The van der Waals surface area contributed by atoms with Gasteiger partial charge in [0.25, 0.3) is 0 Å². The van der Waals surface area contributed by atoms with Crippen LogP contribution in [0.2, 0.25) is 0 Å². The first-order valence-electron chi connectivity index (χ1n) is 21.9. The van der Waals surface area contributed by atoms with Crippen LogP contribution in [0.15, 0.2) is 36.9 Å². The predicted molar refractivity (Wildman–Crippen MR) is 229 cm³/mol. The van der Waals surface area contributed by atoms with E-state index in [9.17, 15) is 33.6 Å². The molecule has 0 radical (unpaired) electrons. The maximum atomic E-state index is 14.8. The van der Waals surface area contributed by atoms with Crippen molar-refractivity contribution in [1.29, 1.82) is 0 Å². The molecule has 2 saturated heterocycles. The van der Waals surface area contributed by atoms with Gasteiger partial charge in [-0.1, -0.05) is 98.6 Å². The van der Waals surface area contributed by atoms with Gasteiger partial charge in [-0.3, -0.25) is 24.0 Å². The van der Waals surface area contributed by atoms with E-state index >= 15 is 0 Å². The van der Waals surface area contributed by atoms with Gasteiger partial charge in [0.05, 0.1) is 18.6 Å². The minimum Gasteiger partial charge on any atom is -0.444 e. The molecule has 1 aromatic carbocycles. The first kappa shape index (κ1) is 46.5. The van der Waals surface area contributed by atoms with Crippen LogP contribution in [-0.2, 0) is 41.7 Å². The molecule has 1 saturated carbocycles. The van der Waals surface area contributed by atoms with Crippen LogP contribution in [0, 0.1) is 28.1 Å². The van der Waals surface area contributed by atoms with Crippen LogP contribution in [0.1, 0.15) is 124 Å². The fraction of sp³-hybridized carbons (Fsp3) is 0.681. The molecule has 1 unspecified atom stereocenters. The van der Waals surface area contributed by atoms with Gasteiger partial charge >= 0.3 is 12.1 Å². The quantitative estimate of drug-likeness (QED) is 0.143. The number of piperidine rings is 1. The Morgan fingerprint density at radius 3 is 2.27 bits per heavy atom. The van der Waals surface area contributed by atoms with Crippen LogP contribution < -0.4 is 10.6 Å². The normalized spacial score (nSPS) is 21.9. The fourth-order valence-electron chi connectivity index (χ4n) is 8.57. The first-order valence-corrected chi connectivity index (χ1v) is 21.9. The second-order valence-electron chi connectivity index (χ2n) is 20.6. The van der Waals surface area contributed by atoms with Gasteiger partial charge in [0.2, 0.25) is 17.6 Å². The molecule has 5 rings (SSSR count). The van der Waals surface area contributed by atoms with E-state index in [1.54, 1.807) is 15.9 Å². The van der Waals surface area contributed by atoms with E-state index in [2.05, 4.69) is 31.1 Å². The number of hydrogen-bond donors (Lipinski definition) is 2. The number of carbonyl (C=O) groups is 7. The maximum absolute atomic E-state index is 14.8. The molecule has 3 fully saturated rings. The highest BCUT2D eigenvalue weighted by Crippen LogP contribution is 2.38. The Labute approximate surface area is 356 Å². The summed E-state index contributed by atoms with van der Waals surface area (Å²) in [5, 5.41) is 5.98. The van der Waals surface area contributed by atoms with Crippen LogP contribution in [0.3, 0.4) is 0 Å². The molecule has 1 aromatic rings. The number of fused-ring (bicyclic) bond motifs is 1. The summed E-state index contributed by atoms with van der Waals surface area (Å²) < 4.78 is 6.04. The molecular formula is C47H69N5O8. The number of likely N-dealkylation sites (tertiary alicyclic amines) is 2. The van der Waals surface area contributed by atoms with Crippen LogP contribution in [0.25, 0.3) is 0 Å². The van der Waals surface area contributed by atoms with Gasteiger partial charge in [-0.2, -0.15) is 0 Å². The van der Waals surface area contributed by atoms with Gasteiger partial charge in [-0.15, -0.1) is 6.58 Å². The Hall–Kier alpha value is -4.55. The van der Waals surface area contributed by atoms with Crippen molar-refractivity contribution < 1.29 is 38.3 Å². The zero-order valence-corrected chi connectivity index (χ0v) is 37.3. The van der Waals surface area contributed by atoms with Crippen LogP contribution in [-0.4, -0.2) is 106 Å². The highest BCUT2D eigenvalue weighted by Gasteiger charge is 2.48. The number of allylic oxidation sites excluding steroid dienone is 1. The van der Waals surface area contributed by atoms with E-state index in [1.807, 2.05) is 65.8 Å². The molecule has 3 aliphatic heterocycles. The standard InChI is InChI=1S/C47H69N5O8/c1-10-11-16-36(53)40(56)33(23-30-17-18-30)24-37(54)35-25-34(60-44(59)51-21-19-31-14-12-13-15-32(31)27-51)28-52(35)42(57)41(46(5,6)7)49-43(58)48-38(45(2,3)4)29-50-22-20-47(8,9)26-39(50)55/h10,12-15,30,33-35,38,41H,1,11,16-29H2,2-9H3,(H2,48,49,58)/t33?,34-,35+,38-,41-/m1/s1. The van der Waals surface area contributed by atoms with Crippen molar-refractivity contribution in [3.63, 3.8) is 0 Å². The summed E-state index contributed by atoms with van der Waals surface area (Å²) in [4.78, 5) is 101. The lowest BCUT2D eigenvalue weighted by molar-refractivity contribution is -0.143. The lowest BCUT2D eigenvalue weighted by Gasteiger charge is -2.41. The number of ether oxygens (including phenoxy) is 1. The second kappa shape index (κ2) is 19.0. The number of benzene rings is 1. The summed E-state index contributed by atoms with van der Waals surface area (Å²) in [6.07, 6.45) is 4.61. The van der Waals surface area contributed by atoms with Crippen molar-refractivity contribution in [3.8, 4) is 0 Å². The van der Waals surface area contributed by atoms with Crippen molar-refractivity contribution in [1.82, 2.24) is 25.3 Å². The van der Waals surface area contributed by atoms with Crippen LogP contribution >= 0.6 is 0 Å². The second-order valence-corrected chi connectivity index (χ2v) is 20.6. The topological polar surface area (TPSA) is 162 Å². The number of urea groups is 1. The smallest absolute Gasteiger partial charge is 0.410 e. The van der Waals surface area contributed by atoms with E-state index in [0.717, 1.165) is 24.8 Å². The molecule has 13 heteroatoms. The van der Waals surface area contributed by atoms with Crippen molar-refractivity contribution in [2.75, 3.05) is 26.2 Å². The number of rotatable bonds is 16. The Morgan fingerprint density at radius 1 is 0.967 bits per heavy atom. The van der Waals surface area contributed by atoms with E-state index in [-0.39, 0.29) is 48.8 Å². The third-order valence-electron chi connectivity index (χ3n) is 12.7. The van der Waals surface area contributed by atoms with E-state index in [1.165, 1.54) is 10.5 Å². The van der Waals surface area contributed by atoms with Gasteiger partial charge in [0, 0.05) is 57.8 Å². The highest BCUT2D eigenvalue weighted by atomic mass is 16.6. The molecule has 60 heavy (non-hydrogen) atoms. The molecule has 2 N–H and O–H groups in total. The van der Waals surface area contributed by atoms with Crippen molar-refractivity contribution in [2.24, 2.45) is 28.1 Å². The minimum atomic E-state index is -1.11. The number of carbonyl (C=O) groups excluding carboxylic acids is 7. The largest absolute Gasteiger partial charge is 0.444 e. The van der Waals surface area contributed by atoms with E-state index < -0.39 is 70.6 Å². The van der Waals surface area contributed by atoms with Crippen molar-refractivity contribution in [2.45, 2.75) is 150 Å². The Bertz CT molecular complexity index is 1810. The molecule has 3 heterocycles. The molecule has 5 atom stereocenters. The number of amides is 5. The molecule has 0 aromatic heterocycles. The zero-order chi connectivity index (χ0) is 44.2. The maximum Gasteiger partial charge on any atom is 0.410 e. The average Bonchev–Trinajstić information content (AvgIpc) is 3.89. The lowest BCUT2D eigenvalue weighted by Crippen LogP contribution is -2.61. The summed E-state index contributed by atoms with van der Waals surface area (Å²) in [5.74, 6) is -2.53. The summed E-state index contributed by atoms with van der Waals surface area (Å²) in [6, 6.07) is 4.73. The number of ketones is 3. The summed E-state index contributed by atoms with van der Waals surface area (Å²) in [6.45, 7) is 20.9. The fourth-order valence-corrected chi connectivity index (χ4v) is 8.57. The van der Waals surface area contributed by atoms with Gasteiger partial charge in [0.1, 0.15) is 12.1 Å². The molecule has 5 amide bonds. The Morgan fingerprint density at radius 2 is 1.65 bits per heavy atom. The summed E-state index contributed by atoms with van der Waals surface area (Å²) in [5.41, 5.74) is 0.853. The van der Waals surface area contributed by atoms with Gasteiger partial charge in [0.15, 0.2) is 11.6 Å². The summed E-state index contributed by atoms with van der Waals surface area (Å²) in [7, 11) is 0. The van der Waals surface area contributed by atoms with Crippen LogP contribution in [0.5, 0.6) is 0 Å². The van der Waals surface area contributed by atoms with Crippen LogP contribution in [0.4, 0.5) is 9.59 Å². The zero-order valence-electron chi connectivity index (χ0n) is 37.3. The van der Waals surface area contributed by atoms with E-state index in [0.29, 0.717) is 51.9 Å². The highest BCUT2D eigenvalue weighted by molar-refractivity contribution is 6.38. The molecular weight excluding hydrogens is 763 g/mol. The minimum absolute atomic E-state index is 0.0192. The summed E-state index contributed by atoms with van der Waals surface area (Å²) >= 11 is 0. The van der Waals surface area contributed by atoms with Gasteiger partial charge in [-0.05, 0) is 59.0 Å². The third kappa shape index (κ3) is 12.3. The molecule has 1 aliphatic carbocycles. The van der Waals surface area contributed by atoms with Crippen molar-refractivity contribution in [3.05, 3.63) is 48.0 Å². The molecule has 0 spiro atoms. The molecule has 330 valence electrons. The number of hydrogen-bond acceptors (Lipinski definition) is 8. The predicted octanol–water partition coefficient (Wildman–Crippen LogP) is 6.41. The lowest BCUT2D eigenvalue weighted by atomic mass is 9.81. The Balaban J connectivity index is 1.36. The number of nitrogens with zero attached hydrogens (tertiary/aromatic N) is 3. The molecule has 4 aliphatic rings. The average molecular weight is 832 g/mol. The number of nitrogens with one attached hydrogen (secondary N) is 2. The van der Waals surface area contributed by atoms with Gasteiger partial charge < -0.3 is 30.1 Å².